The number of hydrogen-bond donors (Lipinski definition) is 1. The van der Waals surface area contributed by atoms with Crippen LogP contribution in [0.3, 0.4) is 0 Å². The van der Waals surface area contributed by atoms with E-state index in [9.17, 15) is 18.0 Å². The smallest absolute Gasteiger partial charge is 0.350 e. The highest BCUT2D eigenvalue weighted by atomic mass is 19.4. The number of nitrogens with one attached hydrogen (secondary N) is 1. The first-order chi connectivity index (χ1) is 13.8. The Morgan fingerprint density at radius 1 is 1.17 bits per heavy atom. The van der Waals surface area contributed by atoms with Crippen LogP contribution in [0.15, 0.2) is 42.5 Å². The number of benzene rings is 1. The summed E-state index contributed by atoms with van der Waals surface area (Å²) in [5.41, 5.74) is 1.82. The van der Waals surface area contributed by atoms with E-state index in [1.165, 1.54) is 12.1 Å². The fourth-order valence-electron chi connectivity index (χ4n) is 3.67. The largest absolute Gasteiger partial charge is 0.416 e. The van der Waals surface area contributed by atoms with Crippen molar-refractivity contribution in [3.63, 3.8) is 0 Å². The van der Waals surface area contributed by atoms with Crippen LogP contribution in [-0.2, 0) is 24.1 Å². The van der Waals surface area contributed by atoms with Gasteiger partial charge in [0.1, 0.15) is 0 Å². The molecular weight excluding hydrogens is 379 g/mol. The number of alkyl halides is 3. The van der Waals surface area contributed by atoms with Crippen LogP contribution in [0.5, 0.6) is 0 Å². The zero-order chi connectivity index (χ0) is 20.9. The maximum absolute atomic E-state index is 12.9. The second kappa shape index (κ2) is 9.39. The lowest BCUT2D eigenvalue weighted by Gasteiger charge is -2.31. The van der Waals surface area contributed by atoms with E-state index in [0.29, 0.717) is 31.0 Å². The summed E-state index contributed by atoms with van der Waals surface area (Å²) in [6.45, 7) is 4.41. The number of rotatable bonds is 6. The van der Waals surface area contributed by atoms with Gasteiger partial charge in [0.15, 0.2) is 0 Å². The summed E-state index contributed by atoms with van der Waals surface area (Å²) in [7, 11) is 0. The van der Waals surface area contributed by atoms with Crippen LogP contribution in [0.2, 0.25) is 0 Å². The van der Waals surface area contributed by atoms with Crippen LogP contribution in [-0.4, -0.2) is 28.9 Å². The van der Waals surface area contributed by atoms with Gasteiger partial charge in [-0.25, -0.2) is 0 Å². The third-order valence-corrected chi connectivity index (χ3v) is 5.25. The molecule has 4 nitrogen and oxygen atoms in total. The molecule has 7 heteroatoms. The lowest BCUT2D eigenvalue weighted by molar-refractivity contribution is -0.137. The molecule has 3 rings (SSSR count). The van der Waals surface area contributed by atoms with Crippen LogP contribution in [0.1, 0.15) is 41.8 Å². The van der Waals surface area contributed by atoms with Crippen LogP contribution < -0.4 is 5.32 Å². The van der Waals surface area contributed by atoms with E-state index in [4.69, 9.17) is 0 Å². The number of carbonyl (C=O) groups is 1. The SMILES string of the molecule is Cc1cccc(CNC(=O)CC2CCN(Cc3cccc(C(F)(F)F)c3)CC2)n1. The predicted molar refractivity (Wildman–Crippen MR) is 105 cm³/mol. The van der Waals surface area contributed by atoms with Crippen molar-refractivity contribution in [2.45, 2.75) is 45.5 Å². The Bertz CT molecular complexity index is 830. The molecule has 1 saturated heterocycles. The van der Waals surface area contributed by atoms with Gasteiger partial charge in [-0.15, -0.1) is 0 Å². The van der Waals surface area contributed by atoms with Crippen molar-refractivity contribution >= 4 is 5.91 Å². The van der Waals surface area contributed by atoms with Gasteiger partial charge in [0.05, 0.1) is 17.8 Å². The number of nitrogens with zero attached hydrogens (tertiary/aromatic N) is 2. The average molecular weight is 405 g/mol. The van der Waals surface area contributed by atoms with E-state index in [1.807, 2.05) is 25.1 Å². The van der Waals surface area contributed by atoms with E-state index in [1.54, 1.807) is 6.07 Å². The summed E-state index contributed by atoms with van der Waals surface area (Å²) in [6.07, 6.45) is -2.10. The molecule has 0 bridgehead atoms. The quantitative estimate of drug-likeness (QED) is 0.778. The molecular formula is C22H26F3N3O. The molecule has 1 N–H and O–H groups in total. The Balaban J connectivity index is 1.42. The number of likely N-dealkylation sites (tertiary alicyclic amines) is 1. The van der Waals surface area contributed by atoms with Gasteiger partial charge in [-0.05, 0) is 62.5 Å². The number of aryl methyl sites for hydroxylation is 1. The lowest BCUT2D eigenvalue weighted by Crippen LogP contribution is -2.35. The lowest BCUT2D eigenvalue weighted by atomic mass is 9.93. The highest BCUT2D eigenvalue weighted by Crippen LogP contribution is 2.30. The molecule has 156 valence electrons. The summed E-state index contributed by atoms with van der Waals surface area (Å²) in [4.78, 5) is 18.7. The molecule has 1 fully saturated rings. The molecule has 1 aromatic carbocycles. The minimum atomic E-state index is -4.32. The first-order valence-electron chi connectivity index (χ1n) is 9.87. The normalized spacial score (nSPS) is 16.0. The standard InChI is InChI=1S/C22H26F3N3O/c1-16-4-2-7-20(27-16)14-26-21(29)13-17-8-10-28(11-9-17)15-18-5-3-6-19(12-18)22(23,24)25/h2-7,12,17H,8-11,13-15H2,1H3,(H,26,29). The molecule has 0 saturated carbocycles. The molecule has 0 radical (unpaired) electrons. The van der Waals surface area contributed by atoms with E-state index in [2.05, 4.69) is 15.2 Å². The van der Waals surface area contributed by atoms with Crippen molar-refractivity contribution in [3.05, 3.63) is 65.0 Å². The third kappa shape index (κ3) is 6.56. The minimum Gasteiger partial charge on any atom is -0.350 e. The van der Waals surface area contributed by atoms with Gasteiger partial charge in [-0.2, -0.15) is 13.2 Å². The molecule has 0 spiro atoms. The number of hydrogen-bond acceptors (Lipinski definition) is 3. The maximum atomic E-state index is 12.9. The Hall–Kier alpha value is -2.41. The van der Waals surface area contributed by atoms with E-state index in [0.717, 1.165) is 43.4 Å². The van der Waals surface area contributed by atoms with Gasteiger partial charge in [-0.3, -0.25) is 14.7 Å². The average Bonchev–Trinajstić information content (AvgIpc) is 2.68. The Morgan fingerprint density at radius 2 is 1.90 bits per heavy atom. The Morgan fingerprint density at radius 3 is 2.59 bits per heavy atom. The number of piperidine rings is 1. The van der Waals surface area contributed by atoms with Gasteiger partial charge in [0, 0.05) is 18.7 Å². The molecule has 2 heterocycles. The third-order valence-electron chi connectivity index (χ3n) is 5.25. The molecule has 1 amide bonds. The van der Waals surface area contributed by atoms with Crippen LogP contribution in [0.4, 0.5) is 13.2 Å². The summed E-state index contributed by atoms with van der Waals surface area (Å²) in [5.74, 6) is 0.322. The number of aromatic nitrogens is 1. The molecule has 0 unspecified atom stereocenters. The predicted octanol–water partition coefficient (Wildman–Crippen LogP) is 4.33. The second-order valence-corrected chi connectivity index (χ2v) is 7.67. The van der Waals surface area contributed by atoms with Gasteiger partial charge >= 0.3 is 6.18 Å². The Kier molecular flexibility index (Phi) is 6.90. The molecule has 0 aliphatic carbocycles. The van der Waals surface area contributed by atoms with Gasteiger partial charge in [0.25, 0.3) is 0 Å². The summed E-state index contributed by atoms with van der Waals surface area (Å²) in [5, 5.41) is 2.92. The second-order valence-electron chi connectivity index (χ2n) is 7.67. The van der Waals surface area contributed by atoms with Gasteiger partial charge in [-0.1, -0.05) is 24.3 Å². The van der Waals surface area contributed by atoms with Gasteiger partial charge < -0.3 is 5.32 Å². The zero-order valence-electron chi connectivity index (χ0n) is 16.5. The van der Waals surface area contributed by atoms with E-state index >= 15 is 0 Å². The van der Waals surface area contributed by atoms with Gasteiger partial charge in [0.2, 0.25) is 5.91 Å². The zero-order valence-corrected chi connectivity index (χ0v) is 16.5. The molecule has 1 aromatic heterocycles. The summed E-state index contributed by atoms with van der Waals surface area (Å²) >= 11 is 0. The van der Waals surface area contributed by atoms with E-state index in [-0.39, 0.29) is 5.91 Å². The highest BCUT2D eigenvalue weighted by Gasteiger charge is 2.30. The van der Waals surface area contributed by atoms with Crippen molar-refractivity contribution in [2.24, 2.45) is 5.92 Å². The van der Waals surface area contributed by atoms with Crippen molar-refractivity contribution in [3.8, 4) is 0 Å². The maximum Gasteiger partial charge on any atom is 0.416 e. The molecule has 0 atom stereocenters. The first-order valence-corrected chi connectivity index (χ1v) is 9.87. The number of halogens is 3. The monoisotopic (exact) mass is 405 g/mol. The topological polar surface area (TPSA) is 45.2 Å². The summed E-state index contributed by atoms with van der Waals surface area (Å²) in [6, 6.07) is 11.2. The van der Waals surface area contributed by atoms with Crippen molar-refractivity contribution in [2.75, 3.05) is 13.1 Å². The molecule has 1 aliphatic heterocycles. The van der Waals surface area contributed by atoms with Crippen LogP contribution >= 0.6 is 0 Å². The minimum absolute atomic E-state index is 0.0182. The van der Waals surface area contributed by atoms with Crippen molar-refractivity contribution in [1.29, 1.82) is 0 Å². The number of pyridine rings is 1. The number of carbonyl (C=O) groups excluding carboxylic acids is 1. The fraction of sp³-hybridized carbons (Fsp3) is 0.455. The Labute approximate surface area is 169 Å². The first kappa shape index (κ1) is 21.3. The van der Waals surface area contributed by atoms with Crippen molar-refractivity contribution in [1.82, 2.24) is 15.2 Å². The highest BCUT2D eigenvalue weighted by molar-refractivity contribution is 5.76. The summed E-state index contributed by atoms with van der Waals surface area (Å²) < 4.78 is 38.6. The molecule has 1 aliphatic rings. The van der Waals surface area contributed by atoms with Crippen LogP contribution in [0.25, 0.3) is 0 Å². The number of amides is 1. The van der Waals surface area contributed by atoms with E-state index < -0.39 is 11.7 Å². The molecule has 2 aromatic rings. The van der Waals surface area contributed by atoms with Crippen molar-refractivity contribution < 1.29 is 18.0 Å². The van der Waals surface area contributed by atoms with Crippen LogP contribution in [0, 0.1) is 12.8 Å². The molecule has 29 heavy (non-hydrogen) atoms. The fourth-order valence-corrected chi connectivity index (χ4v) is 3.67.